The molecular formula is C14H20N4O2S. The molecule has 0 bridgehead atoms. The number of likely N-dealkylation sites (tertiary alicyclic amines) is 1. The third-order valence-corrected chi connectivity index (χ3v) is 5.34. The van der Waals surface area contributed by atoms with E-state index in [0.29, 0.717) is 23.3 Å². The zero-order chi connectivity index (χ0) is 14.8. The van der Waals surface area contributed by atoms with E-state index in [-0.39, 0.29) is 11.8 Å². The van der Waals surface area contributed by atoms with Crippen molar-refractivity contribution in [2.24, 2.45) is 11.8 Å². The van der Waals surface area contributed by atoms with Gasteiger partial charge >= 0.3 is 0 Å². The molecule has 0 aromatic carbocycles. The van der Waals surface area contributed by atoms with Crippen molar-refractivity contribution in [1.82, 2.24) is 15.6 Å². The zero-order valence-corrected chi connectivity index (χ0v) is 12.6. The van der Waals surface area contributed by atoms with Crippen molar-refractivity contribution in [1.29, 1.82) is 0 Å². The Morgan fingerprint density at radius 1 is 1.52 bits per heavy atom. The molecule has 1 aromatic heterocycles. The minimum atomic E-state index is -0.222. The summed E-state index contributed by atoms with van der Waals surface area (Å²) in [6.45, 7) is 2.69. The summed E-state index contributed by atoms with van der Waals surface area (Å²) in [5.74, 6) is 5.71. The number of nitrogens with one attached hydrogen (secondary N) is 2. The molecule has 2 amide bonds. The monoisotopic (exact) mass is 308 g/mol. The summed E-state index contributed by atoms with van der Waals surface area (Å²) in [4.78, 5) is 26.2. The molecule has 114 valence electrons. The average Bonchev–Trinajstić information content (AvgIpc) is 2.94. The fraction of sp³-hybridized carbons (Fsp3) is 0.571. The number of amides is 2. The number of hydrazine groups is 1. The first-order valence-corrected chi connectivity index (χ1v) is 8.14. The second-order valence-electron chi connectivity index (χ2n) is 5.74. The van der Waals surface area contributed by atoms with Gasteiger partial charge in [-0.1, -0.05) is 0 Å². The highest BCUT2D eigenvalue weighted by molar-refractivity contribution is 7.12. The predicted molar refractivity (Wildman–Crippen MR) is 80.5 cm³/mol. The predicted octanol–water partition coefficient (Wildman–Crippen LogP) is 0.452. The van der Waals surface area contributed by atoms with Crippen LogP contribution in [0.2, 0.25) is 0 Å². The lowest BCUT2D eigenvalue weighted by atomic mass is 9.85. The molecular weight excluding hydrogens is 288 g/mol. The number of hydrogen-bond acceptors (Lipinski definition) is 5. The maximum Gasteiger partial charge on any atom is 0.275 e. The van der Waals surface area contributed by atoms with Crippen LogP contribution >= 0.6 is 11.3 Å². The Bertz CT molecular complexity index is 545. The number of nitrogens with two attached hydrogens (primary N) is 1. The number of carbonyl (C=O) groups excluding carboxylic acids is 2. The first-order chi connectivity index (χ1) is 10.2. The molecule has 0 radical (unpaired) electrons. The molecule has 3 rings (SSSR count). The molecule has 3 heterocycles. The molecule has 2 saturated heterocycles. The largest absolute Gasteiger partial charge is 0.353 e. The maximum atomic E-state index is 11.7. The molecule has 6 nitrogen and oxygen atoms in total. The van der Waals surface area contributed by atoms with E-state index >= 15 is 0 Å². The van der Waals surface area contributed by atoms with Crippen molar-refractivity contribution in [3.8, 4) is 0 Å². The highest BCUT2D eigenvalue weighted by atomic mass is 32.1. The molecule has 0 spiro atoms. The summed E-state index contributed by atoms with van der Waals surface area (Å²) in [7, 11) is 0. The first-order valence-electron chi connectivity index (χ1n) is 7.26. The number of rotatable bonds is 3. The van der Waals surface area contributed by atoms with Gasteiger partial charge in [-0.15, -0.1) is 11.3 Å². The van der Waals surface area contributed by atoms with Gasteiger partial charge in [0.2, 0.25) is 5.91 Å². The van der Waals surface area contributed by atoms with E-state index in [1.807, 2.05) is 11.4 Å². The standard InChI is InChI=1S/C14H20N4O2S/c15-17-14(20)13-10(4-6-21-13)8-18-5-3-11-9(7-18)1-2-12(19)16-11/h4,6,9,11H,1-3,5,7-8,15H2,(H,16,19)(H,17,20). The van der Waals surface area contributed by atoms with Gasteiger partial charge in [0.05, 0.1) is 4.88 Å². The third kappa shape index (κ3) is 3.09. The van der Waals surface area contributed by atoms with E-state index in [0.717, 1.165) is 38.0 Å². The highest BCUT2D eigenvalue weighted by Gasteiger charge is 2.33. The van der Waals surface area contributed by atoms with E-state index < -0.39 is 0 Å². The van der Waals surface area contributed by atoms with Gasteiger partial charge < -0.3 is 5.32 Å². The van der Waals surface area contributed by atoms with E-state index in [4.69, 9.17) is 5.84 Å². The van der Waals surface area contributed by atoms with Crippen molar-refractivity contribution in [2.75, 3.05) is 13.1 Å². The fourth-order valence-electron chi connectivity index (χ4n) is 3.29. The quantitative estimate of drug-likeness (QED) is 0.430. The summed E-state index contributed by atoms with van der Waals surface area (Å²) >= 11 is 1.42. The molecule has 2 unspecified atom stereocenters. The van der Waals surface area contributed by atoms with Crippen LogP contribution in [0.5, 0.6) is 0 Å². The molecule has 4 N–H and O–H groups in total. The minimum Gasteiger partial charge on any atom is -0.353 e. The zero-order valence-electron chi connectivity index (χ0n) is 11.8. The molecule has 0 saturated carbocycles. The van der Waals surface area contributed by atoms with Gasteiger partial charge in [-0.2, -0.15) is 0 Å². The van der Waals surface area contributed by atoms with E-state index in [1.165, 1.54) is 11.3 Å². The van der Waals surface area contributed by atoms with Crippen LogP contribution in [0.4, 0.5) is 0 Å². The van der Waals surface area contributed by atoms with Crippen molar-refractivity contribution in [2.45, 2.75) is 31.8 Å². The SMILES string of the molecule is NNC(=O)c1sccc1CN1CCC2NC(=O)CCC2C1. The summed E-state index contributed by atoms with van der Waals surface area (Å²) in [5.41, 5.74) is 3.23. The lowest BCUT2D eigenvalue weighted by Gasteiger charge is -2.41. The topological polar surface area (TPSA) is 87.5 Å². The molecule has 2 aliphatic rings. The van der Waals surface area contributed by atoms with Gasteiger partial charge in [-0.05, 0) is 35.8 Å². The smallest absolute Gasteiger partial charge is 0.275 e. The van der Waals surface area contributed by atoms with E-state index in [9.17, 15) is 9.59 Å². The van der Waals surface area contributed by atoms with Crippen LogP contribution in [-0.4, -0.2) is 35.8 Å². The number of nitrogens with zero attached hydrogens (tertiary/aromatic N) is 1. The Morgan fingerprint density at radius 3 is 3.19 bits per heavy atom. The lowest BCUT2D eigenvalue weighted by molar-refractivity contribution is -0.125. The van der Waals surface area contributed by atoms with Gasteiger partial charge in [0.25, 0.3) is 5.91 Å². The summed E-state index contributed by atoms with van der Waals surface area (Å²) in [6, 6.07) is 2.32. The number of fused-ring (bicyclic) bond motifs is 1. The number of nitrogen functional groups attached to an aromatic ring is 1. The molecule has 1 aromatic rings. The van der Waals surface area contributed by atoms with Crippen LogP contribution in [0, 0.1) is 5.92 Å². The van der Waals surface area contributed by atoms with Crippen LogP contribution < -0.4 is 16.6 Å². The highest BCUT2D eigenvalue weighted by Crippen LogP contribution is 2.27. The Balaban J connectivity index is 1.63. The molecule has 2 aliphatic heterocycles. The summed E-state index contributed by atoms with van der Waals surface area (Å²) < 4.78 is 0. The Morgan fingerprint density at radius 2 is 2.38 bits per heavy atom. The van der Waals surface area contributed by atoms with E-state index in [2.05, 4.69) is 15.6 Å². The second kappa shape index (κ2) is 6.13. The van der Waals surface area contributed by atoms with Gasteiger partial charge in [-0.25, -0.2) is 5.84 Å². The van der Waals surface area contributed by atoms with Crippen LogP contribution in [-0.2, 0) is 11.3 Å². The first kappa shape index (κ1) is 14.5. The molecule has 0 aliphatic carbocycles. The average molecular weight is 308 g/mol. The number of carbonyl (C=O) groups is 2. The normalized spacial score (nSPS) is 26.0. The maximum absolute atomic E-state index is 11.7. The van der Waals surface area contributed by atoms with Crippen LogP contribution in [0.15, 0.2) is 11.4 Å². The number of piperidine rings is 2. The summed E-state index contributed by atoms with van der Waals surface area (Å²) in [6.07, 6.45) is 2.58. The lowest BCUT2D eigenvalue weighted by Crippen LogP contribution is -2.53. The van der Waals surface area contributed by atoms with Gasteiger partial charge in [-0.3, -0.25) is 19.9 Å². The van der Waals surface area contributed by atoms with Gasteiger partial charge in [0.15, 0.2) is 0 Å². The second-order valence-corrected chi connectivity index (χ2v) is 6.66. The minimum absolute atomic E-state index is 0.185. The Labute approximate surface area is 127 Å². The number of hydrogen-bond donors (Lipinski definition) is 3. The van der Waals surface area contributed by atoms with Gasteiger partial charge in [0, 0.05) is 32.1 Å². The van der Waals surface area contributed by atoms with Crippen molar-refractivity contribution in [3.63, 3.8) is 0 Å². The third-order valence-electron chi connectivity index (χ3n) is 4.38. The molecule has 2 fully saturated rings. The Kier molecular flexibility index (Phi) is 4.23. The fourth-order valence-corrected chi connectivity index (χ4v) is 4.11. The van der Waals surface area contributed by atoms with E-state index in [1.54, 1.807) is 0 Å². The van der Waals surface area contributed by atoms with Gasteiger partial charge in [0.1, 0.15) is 0 Å². The van der Waals surface area contributed by atoms with Crippen LogP contribution in [0.3, 0.4) is 0 Å². The summed E-state index contributed by atoms with van der Waals surface area (Å²) in [5, 5.41) is 5.02. The molecule has 2 atom stereocenters. The van der Waals surface area contributed by atoms with Crippen LogP contribution in [0.1, 0.15) is 34.5 Å². The molecule has 7 heteroatoms. The van der Waals surface area contributed by atoms with Crippen molar-refractivity contribution < 1.29 is 9.59 Å². The Hall–Kier alpha value is -1.44. The van der Waals surface area contributed by atoms with Crippen molar-refractivity contribution >= 4 is 23.2 Å². The number of thiophene rings is 1. The van der Waals surface area contributed by atoms with Crippen molar-refractivity contribution in [3.05, 3.63) is 21.9 Å². The van der Waals surface area contributed by atoms with Crippen LogP contribution in [0.25, 0.3) is 0 Å². The molecule has 21 heavy (non-hydrogen) atoms.